The molecule has 0 radical (unpaired) electrons. The van der Waals surface area contributed by atoms with Crippen molar-refractivity contribution in [3.05, 3.63) is 66.4 Å². The minimum Gasteiger partial charge on any atom is -0.444 e. The molecule has 0 aliphatic heterocycles. The Morgan fingerprint density at radius 1 is 1.00 bits per heavy atom. The number of benzene rings is 2. The third-order valence-electron chi connectivity index (χ3n) is 4.38. The van der Waals surface area contributed by atoms with E-state index < -0.39 is 27.6 Å². The van der Waals surface area contributed by atoms with Gasteiger partial charge in [-0.3, -0.25) is 9.89 Å². The molecule has 34 heavy (non-hydrogen) atoms. The van der Waals surface area contributed by atoms with Gasteiger partial charge in [0.1, 0.15) is 11.3 Å². The maximum atomic E-state index is 12.6. The molecule has 10 nitrogen and oxygen atoms in total. The van der Waals surface area contributed by atoms with Crippen molar-refractivity contribution in [2.45, 2.75) is 31.3 Å². The summed E-state index contributed by atoms with van der Waals surface area (Å²) < 4.78 is 32.7. The molecule has 3 aromatic rings. The van der Waals surface area contributed by atoms with Crippen molar-refractivity contribution in [3.8, 4) is 11.3 Å². The van der Waals surface area contributed by atoms with Crippen LogP contribution in [0.25, 0.3) is 11.3 Å². The fourth-order valence-electron chi connectivity index (χ4n) is 2.88. The zero-order valence-electron chi connectivity index (χ0n) is 19.1. The number of carbonyl (C=O) groups is 2. The zero-order valence-corrected chi connectivity index (χ0v) is 19.9. The van der Waals surface area contributed by atoms with Crippen LogP contribution in [0.3, 0.4) is 0 Å². The number of rotatable bonds is 8. The van der Waals surface area contributed by atoms with Crippen molar-refractivity contribution in [3.63, 3.8) is 0 Å². The molecule has 0 spiro atoms. The van der Waals surface area contributed by atoms with Gasteiger partial charge in [0.2, 0.25) is 10.0 Å². The molecule has 4 N–H and O–H groups in total. The van der Waals surface area contributed by atoms with Crippen LogP contribution in [-0.2, 0) is 14.8 Å². The molecule has 0 unspecified atom stereocenters. The van der Waals surface area contributed by atoms with Crippen LogP contribution in [0.1, 0.15) is 31.3 Å². The predicted molar refractivity (Wildman–Crippen MR) is 128 cm³/mol. The Labute approximate surface area is 198 Å². The van der Waals surface area contributed by atoms with Gasteiger partial charge in [0.15, 0.2) is 0 Å². The van der Waals surface area contributed by atoms with E-state index in [0.29, 0.717) is 11.4 Å². The summed E-state index contributed by atoms with van der Waals surface area (Å²) in [7, 11) is -3.86. The predicted octanol–water partition coefficient (Wildman–Crippen LogP) is 3.13. The Hall–Kier alpha value is -3.70. The summed E-state index contributed by atoms with van der Waals surface area (Å²) in [5, 5.41) is 12.0. The highest BCUT2D eigenvalue weighted by atomic mass is 32.2. The summed E-state index contributed by atoms with van der Waals surface area (Å²) in [6.45, 7) is 5.21. The van der Waals surface area contributed by atoms with Gasteiger partial charge in [0, 0.05) is 24.3 Å². The monoisotopic (exact) mass is 485 g/mol. The zero-order chi connectivity index (χ0) is 24.8. The Morgan fingerprint density at radius 2 is 1.74 bits per heavy atom. The number of nitrogens with one attached hydrogen (secondary N) is 4. The topological polar surface area (TPSA) is 142 Å². The van der Waals surface area contributed by atoms with E-state index in [4.69, 9.17) is 4.74 Å². The summed E-state index contributed by atoms with van der Waals surface area (Å²) in [6.07, 6.45) is -0.634. The van der Waals surface area contributed by atoms with Crippen molar-refractivity contribution in [2.24, 2.45) is 0 Å². The van der Waals surface area contributed by atoms with Crippen LogP contribution in [0, 0.1) is 0 Å². The Morgan fingerprint density at radius 3 is 2.44 bits per heavy atom. The number of sulfonamides is 1. The molecule has 0 atom stereocenters. The lowest BCUT2D eigenvalue weighted by Gasteiger charge is -2.19. The Kier molecular flexibility index (Phi) is 7.69. The van der Waals surface area contributed by atoms with E-state index in [0.717, 1.165) is 5.56 Å². The molecule has 2 amide bonds. The second-order valence-corrected chi connectivity index (χ2v) is 10.1. The highest BCUT2D eigenvalue weighted by Gasteiger charge is 2.18. The van der Waals surface area contributed by atoms with E-state index in [2.05, 4.69) is 25.6 Å². The van der Waals surface area contributed by atoms with Crippen LogP contribution in [-0.4, -0.2) is 49.3 Å². The van der Waals surface area contributed by atoms with Gasteiger partial charge < -0.3 is 15.4 Å². The minimum absolute atomic E-state index is 0.0304. The summed E-state index contributed by atoms with van der Waals surface area (Å²) in [5.74, 6) is -0.459. The number of alkyl carbamates (subject to hydrolysis) is 1. The second-order valence-electron chi connectivity index (χ2n) is 8.34. The minimum atomic E-state index is -3.86. The van der Waals surface area contributed by atoms with Gasteiger partial charge in [0.05, 0.1) is 10.6 Å². The number of ether oxygens (including phenoxy) is 1. The lowest BCUT2D eigenvalue weighted by atomic mass is 10.1. The summed E-state index contributed by atoms with van der Waals surface area (Å²) >= 11 is 0. The maximum absolute atomic E-state index is 12.6. The third-order valence-corrected chi connectivity index (χ3v) is 5.84. The number of amides is 2. The molecule has 1 aromatic heterocycles. The smallest absolute Gasteiger partial charge is 0.407 e. The van der Waals surface area contributed by atoms with E-state index >= 15 is 0 Å². The molecule has 0 fully saturated rings. The van der Waals surface area contributed by atoms with E-state index in [9.17, 15) is 18.0 Å². The number of nitrogens with zero attached hydrogens (tertiary/aromatic N) is 1. The molecule has 0 aliphatic rings. The van der Waals surface area contributed by atoms with Gasteiger partial charge >= 0.3 is 6.09 Å². The highest BCUT2D eigenvalue weighted by molar-refractivity contribution is 7.89. The highest BCUT2D eigenvalue weighted by Crippen LogP contribution is 2.19. The third kappa shape index (κ3) is 7.15. The standard InChI is InChI=1S/C23H27N5O5S/c1-23(2,3)33-22(30)24-12-13-25-34(31,32)18-11-7-10-17(14-18)26-21(29)20-15-19(27-28-20)16-8-5-4-6-9-16/h4-11,14-15,25H,12-13H2,1-3H3,(H,24,30)(H,26,29)(H,27,28). The normalized spacial score (nSPS) is 11.6. The van der Waals surface area contributed by atoms with Crippen LogP contribution < -0.4 is 15.4 Å². The molecule has 180 valence electrons. The van der Waals surface area contributed by atoms with Gasteiger partial charge in [-0.2, -0.15) is 5.10 Å². The average molecular weight is 486 g/mol. The molecule has 0 saturated heterocycles. The average Bonchev–Trinajstić information content (AvgIpc) is 3.27. The van der Waals surface area contributed by atoms with Crippen LogP contribution >= 0.6 is 0 Å². The van der Waals surface area contributed by atoms with E-state index in [1.165, 1.54) is 18.2 Å². The number of aromatic nitrogens is 2. The summed E-state index contributed by atoms with van der Waals surface area (Å²) in [5.41, 5.74) is 1.37. The maximum Gasteiger partial charge on any atom is 0.407 e. The molecule has 0 saturated carbocycles. The van der Waals surface area contributed by atoms with Crippen molar-refractivity contribution >= 4 is 27.7 Å². The molecule has 3 rings (SSSR count). The quantitative estimate of drug-likeness (QED) is 0.361. The largest absolute Gasteiger partial charge is 0.444 e. The molecule has 1 heterocycles. The van der Waals surface area contributed by atoms with Gasteiger partial charge in [-0.15, -0.1) is 0 Å². The molecular weight excluding hydrogens is 458 g/mol. The van der Waals surface area contributed by atoms with Crippen molar-refractivity contribution in [1.82, 2.24) is 20.2 Å². The van der Waals surface area contributed by atoms with Crippen LogP contribution in [0.15, 0.2) is 65.6 Å². The van der Waals surface area contributed by atoms with Crippen molar-refractivity contribution in [1.29, 1.82) is 0 Å². The number of hydrogen-bond acceptors (Lipinski definition) is 6. The fraction of sp³-hybridized carbons (Fsp3) is 0.261. The van der Waals surface area contributed by atoms with Gasteiger partial charge in [-0.25, -0.2) is 17.9 Å². The fourth-order valence-corrected chi connectivity index (χ4v) is 3.96. The first-order valence-corrected chi connectivity index (χ1v) is 12.0. The van der Waals surface area contributed by atoms with Crippen molar-refractivity contribution in [2.75, 3.05) is 18.4 Å². The second kappa shape index (κ2) is 10.5. The lowest BCUT2D eigenvalue weighted by Crippen LogP contribution is -2.37. The number of aromatic amines is 1. The molecule has 0 aliphatic carbocycles. The van der Waals surface area contributed by atoms with Crippen LogP contribution in [0.4, 0.5) is 10.5 Å². The molecule has 2 aromatic carbocycles. The summed E-state index contributed by atoms with van der Waals surface area (Å²) in [6, 6.07) is 16.8. The number of carbonyl (C=O) groups excluding carboxylic acids is 2. The van der Waals surface area contributed by atoms with E-state index in [-0.39, 0.29) is 23.7 Å². The van der Waals surface area contributed by atoms with Gasteiger partial charge in [-0.1, -0.05) is 36.4 Å². The van der Waals surface area contributed by atoms with E-state index in [1.807, 2.05) is 30.3 Å². The Bertz CT molecular complexity index is 1250. The van der Waals surface area contributed by atoms with Gasteiger partial charge in [-0.05, 0) is 45.0 Å². The molecule has 0 bridgehead atoms. The number of anilines is 1. The first-order valence-electron chi connectivity index (χ1n) is 10.5. The van der Waals surface area contributed by atoms with Crippen LogP contribution in [0.5, 0.6) is 0 Å². The number of hydrogen-bond donors (Lipinski definition) is 4. The lowest BCUT2D eigenvalue weighted by molar-refractivity contribution is 0.0528. The number of H-pyrrole nitrogens is 1. The Balaban J connectivity index is 1.58. The SMILES string of the molecule is CC(C)(C)OC(=O)NCCNS(=O)(=O)c1cccc(NC(=O)c2cc(-c3ccccc3)n[nH]2)c1. The van der Waals surface area contributed by atoms with Crippen LogP contribution in [0.2, 0.25) is 0 Å². The molecular formula is C23H27N5O5S. The molecule has 11 heteroatoms. The summed E-state index contributed by atoms with van der Waals surface area (Å²) in [4.78, 5) is 24.2. The van der Waals surface area contributed by atoms with Crippen molar-refractivity contribution < 1.29 is 22.7 Å². The van der Waals surface area contributed by atoms with E-state index in [1.54, 1.807) is 32.9 Å². The first kappa shape index (κ1) is 24.9. The first-order chi connectivity index (χ1) is 16.0. The van der Waals surface area contributed by atoms with Gasteiger partial charge in [0.25, 0.3) is 5.91 Å².